The van der Waals surface area contributed by atoms with Gasteiger partial charge in [-0.3, -0.25) is 0 Å². The topological polar surface area (TPSA) is 12.0 Å². The number of hydrogen-bond acceptors (Lipinski definition) is 2. The Morgan fingerprint density at radius 3 is 2.78 bits per heavy atom. The van der Waals surface area contributed by atoms with E-state index in [1.807, 2.05) is 23.9 Å². The molecule has 1 nitrogen and oxygen atoms in total. The Bertz CT molecular complexity index is 377. The van der Waals surface area contributed by atoms with Gasteiger partial charge in [-0.25, -0.2) is 0 Å². The normalized spacial score (nSPS) is 24.6. The monoisotopic (exact) mass is 283 g/mol. The van der Waals surface area contributed by atoms with Crippen LogP contribution in [0, 0.1) is 0 Å². The van der Waals surface area contributed by atoms with Crippen molar-refractivity contribution >= 4 is 23.4 Å². The van der Waals surface area contributed by atoms with E-state index in [-0.39, 0.29) is 0 Å². The summed E-state index contributed by atoms with van der Waals surface area (Å²) in [7, 11) is 0. The second-order valence-electron chi connectivity index (χ2n) is 5.24. The fraction of sp³-hybridized carbons (Fsp3) is 0.600. The third-order valence-electron chi connectivity index (χ3n) is 3.76. The quantitative estimate of drug-likeness (QED) is 0.835. The molecule has 1 atom stereocenters. The maximum absolute atomic E-state index is 6.23. The van der Waals surface area contributed by atoms with Crippen molar-refractivity contribution in [2.24, 2.45) is 0 Å². The minimum atomic E-state index is 0.634. The van der Waals surface area contributed by atoms with Gasteiger partial charge in [0.1, 0.15) is 0 Å². The van der Waals surface area contributed by atoms with Gasteiger partial charge in [0, 0.05) is 17.1 Å². The maximum atomic E-state index is 6.23. The van der Waals surface area contributed by atoms with E-state index in [1.54, 1.807) is 0 Å². The van der Waals surface area contributed by atoms with Crippen molar-refractivity contribution in [3.05, 3.63) is 34.9 Å². The van der Waals surface area contributed by atoms with Crippen LogP contribution in [0.25, 0.3) is 0 Å². The van der Waals surface area contributed by atoms with Crippen LogP contribution in [0.2, 0.25) is 5.02 Å². The Morgan fingerprint density at radius 2 is 2.11 bits per heavy atom. The summed E-state index contributed by atoms with van der Waals surface area (Å²) in [6.07, 6.45) is 5.89. The summed E-state index contributed by atoms with van der Waals surface area (Å²) in [5.74, 6) is 1.90. The van der Waals surface area contributed by atoms with Gasteiger partial charge in [0.25, 0.3) is 0 Å². The van der Waals surface area contributed by atoms with Gasteiger partial charge in [-0.05, 0) is 55.7 Å². The molecule has 3 heteroatoms. The van der Waals surface area contributed by atoms with E-state index < -0.39 is 0 Å². The standard InChI is InChI=1S/C15H22ClNS/c1-11(7-8-18-2)17-13-9-12(10-13)14-5-3-4-6-15(14)16/h3-6,11-13,17H,7-10H2,1-2H3. The van der Waals surface area contributed by atoms with E-state index in [9.17, 15) is 0 Å². The highest BCUT2D eigenvalue weighted by molar-refractivity contribution is 7.98. The van der Waals surface area contributed by atoms with Gasteiger partial charge in [0.05, 0.1) is 0 Å². The van der Waals surface area contributed by atoms with Crippen LogP contribution in [0.15, 0.2) is 24.3 Å². The van der Waals surface area contributed by atoms with Gasteiger partial charge < -0.3 is 5.32 Å². The summed E-state index contributed by atoms with van der Waals surface area (Å²) in [5.41, 5.74) is 1.33. The summed E-state index contributed by atoms with van der Waals surface area (Å²) >= 11 is 8.16. The molecular formula is C15H22ClNS. The number of hydrogen-bond donors (Lipinski definition) is 1. The Balaban J connectivity index is 1.75. The van der Waals surface area contributed by atoms with E-state index in [2.05, 4.69) is 30.6 Å². The number of halogens is 1. The first-order chi connectivity index (χ1) is 8.70. The molecule has 2 rings (SSSR count). The van der Waals surface area contributed by atoms with Crippen molar-refractivity contribution in [1.29, 1.82) is 0 Å². The summed E-state index contributed by atoms with van der Waals surface area (Å²) in [6.45, 7) is 2.29. The van der Waals surface area contributed by atoms with E-state index in [0.717, 1.165) is 5.02 Å². The van der Waals surface area contributed by atoms with E-state index in [0.29, 0.717) is 18.0 Å². The highest BCUT2D eigenvalue weighted by atomic mass is 35.5. The Kier molecular flexibility index (Phi) is 5.40. The largest absolute Gasteiger partial charge is 0.311 e. The van der Waals surface area contributed by atoms with Crippen LogP contribution in [-0.4, -0.2) is 24.1 Å². The predicted octanol–water partition coefficient (Wildman–Crippen LogP) is 4.32. The molecule has 1 aliphatic rings. The Morgan fingerprint density at radius 1 is 1.39 bits per heavy atom. The van der Waals surface area contributed by atoms with Crippen molar-refractivity contribution in [3.63, 3.8) is 0 Å². The molecule has 1 aliphatic carbocycles. The number of rotatable bonds is 6. The third-order valence-corrected chi connectivity index (χ3v) is 4.75. The zero-order valence-corrected chi connectivity index (χ0v) is 12.7. The second-order valence-corrected chi connectivity index (χ2v) is 6.63. The second kappa shape index (κ2) is 6.83. The molecule has 0 radical (unpaired) electrons. The smallest absolute Gasteiger partial charge is 0.0440 e. The van der Waals surface area contributed by atoms with Crippen molar-refractivity contribution in [2.45, 2.75) is 44.2 Å². The zero-order chi connectivity index (χ0) is 13.0. The summed E-state index contributed by atoms with van der Waals surface area (Å²) in [5, 5.41) is 4.64. The molecule has 100 valence electrons. The van der Waals surface area contributed by atoms with Gasteiger partial charge in [-0.15, -0.1) is 0 Å². The molecule has 1 aromatic carbocycles. The molecule has 0 aliphatic heterocycles. The van der Waals surface area contributed by atoms with Crippen molar-refractivity contribution < 1.29 is 0 Å². The van der Waals surface area contributed by atoms with Crippen LogP contribution in [0.3, 0.4) is 0 Å². The SMILES string of the molecule is CSCCC(C)NC1CC(c2ccccc2Cl)C1. The molecular weight excluding hydrogens is 262 g/mol. The Labute approximate surface area is 120 Å². The molecule has 0 heterocycles. The predicted molar refractivity (Wildman–Crippen MR) is 82.8 cm³/mol. The van der Waals surface area contributed by atoms with Crippen molar-refractivity contribution in [2.75, 3.05) is 12.0 Å². The minimum Gasteiger partial charge on any atom is -0.311 e. The van der Waals surface area contributed by atoms with Gasteiger partial charge in [0.15, 0.2) is 0 Å². The lowest BCUT2D eigenvalue weighted by atomic mass is 9.75. The molecule has 1 aromatic rings. The molecule has 0 aromatic heterocycles. The lowest BCUT2D eigenvalue weighted by molar-refractivity contribution is 0.268. The molecule has 0 spiro atoms. The molecule has 1 fully saturated rings. The average Bonchev–Trinajstić information content (AvgIpc) is 2.32. The summed E-state index contributed by atoms with van der Waals surface area (Å²) in [6, 6.07) is 9.57. The number of benzene rings is 1. The van der Waals surface area contributed by atoms with E-state index in [4.69, 9.17) is 11.6 Å². The van der Waals surface area contributed by atoms with Crippen LogP contribution < -0.4 is 5.32 Å². The first-order valence-corrected chi connectivity index (χ1v) is 8.47. The minimum absolute atomic E-state index is 0.634. The lowest BCUT2D eigenvalue weighted by Crippen LogP contribution is -2.44. The Hall–Kier alpha value is -0.180. The van der Waals surface area contributed by atoms with Crippen LogP contribution >= 0.6 is 23.4 Å². The molecule has 0 saturated heterocycles. The molecule has 0 bridgehead atoms. The first-order valence-electron chi connectivity index (χ1n) is 6.70. The third kappa shape index (κ3) is 3.66. The number of thioether (sulfide) groups is 1. The van der Waals surface area contributed by atoms with Gasteiger partial charge >= 0.3 is 0 Å². The van der Waals surface area contributed by atoms with Crippen LogP contribution in [0.1, 0.15) is 37.7 Å². The fourth-order valence-corrected chi connectivity index (χ4v) is 3.47. The summed E-state index contributed by atoms with van der Waals surface area (Å²) in [4.78, 5) is 0. The maximum Gasteiger partial charge on any atom is 0.0440 e. The van der Waals surface area contributed by atoms with Crippen LogP contribution in [-0.2, 0) is 0 Å². The number of nitrogens with one attached hydrogen (secondary N) is 1. The molecule has 1 N–H and O–H groups in total. The van der Waals surface area contributed by atoms with Crippen molar-refractivity contribution in [1.82, 2.24) is 5.32 Å². The molecule has 0 amide bonds. The van der Waals surface area contributed by atoms with Gasteiger partial charge in [-0.2, -0.15) is 11.8 Å². The first kappa shape index (κ1) is 14.2. The van der Waals surface area contributed by atoms with Crippen LogP contribution in [0.5, 0.6) is 0 Å². The molecule has 1 unspecified atom stereocenters. The molecule has 1 saturated carbocycles. The van der Waals surface area contributed by atoms with E-state index >= 15 is 0 Å². The van der Waals surface area contributed by atoms with Gasteiger partial charge in [-0.1, -0.05) is 29.8 Å². The average molecular weight is 284 g/mol. The lowest BCUT2D eigenvalue weighted by Gasteiger charge is -2.38. The fourth-order valence-electron chi connectivity index (χ4n) is 2.59. The van der Waals surface area contributed by atoms with Gasteiger partial charge in [0.2, 0.25) is 0 Å². The zero-order valence-electron chi connectivity index (χ0n) is 11.2. The molecule has 18 heavy (non-hydrogen) atoms. The summed E-state index contributed by atoms with van der Waals surface area (Å²) < 4.78 is 0. The van der Waals surface area contributed by atoms with Crippen molar-refractivity contribution in [3.8, 4) is 0 Å². The highest BCUT2D eigenvalue weighted by Crippen LogP contribution is 2.40. The highest BCUT2D eigenvalue weighted by Gasteiger charge is 2.31. The van der Waals surface area contributed by atoms with E-state index in [1.165, 1.54) is 30.6 Å². The van der Waals surface area contributed by atoms with Crippen LogP contribution in [0.4, 0.5) is 0 Å².